The summed E-state index contributed by atoms with van der Waals surface area (Å²) in [7, 11) is 1.94. The molecular weight excluding hydrogens is 238 g/mol. The summed E-state index contributed by atoms with van der Waals surface area (Å²) in [5.41, 5.74) is 0.336. The number of hydrogen-bond donors (Lipinski definition) is 3. The topological polar surface area (TPSA) is 61.9 Å². The van der Waals surface area contributed by atoms with Crippen LogP contribution in [0.15, 0.2) is 6.07 Å². The molecule has 0 amide bonds. The smallest absolute Gasteiger partial charge is 0.131 e. The van der Waals surface area contributed by atoms with Gasteiger partial charge >= 0.3 is 0 Å². The number of anilines is 2. The first-order valence-corrected chi connectivity index (χ1v) is 6.89. The molecule has 1 heterocycles. The van der Waals surface area contributed by atoms with Gasteiger partial charge in [0.1, 0.15) is 17.5 Å². The molecule has 5 heteroatoms. The van der Waals surface area contributed by atoms with Gasteiger partial charge in [-0.25, -0.2) is 9.97 Å². The second-order valence-electron chi connectivity index (χ2n) is 5.95. The van der Waals surface area contributed by atoms with E-state index in [2.05, 4.69) is 46.7 Å². The Hall–Kier alpha value is -1.36. The summed E-state index contributed by atoms with van der Waals surface area (Å²) >= 11 is 0. The van der Waals surface area contributed by atoms with Crippen molar-refractivity contribution in [2.45, 2.75) is 34.1 Å². The van der Waals surface area contributed by atoms with Crippen LogP contribution in [0.4, 0.5) is 11.6 Å². The lowest BCUT2D eigenvalue weighted by Crippen LogP contribution is -2.19. The van der Waals surface area contributed by atoms with Crippen molar-refractivity contribution in [1.29, 1.82) is 0 Å². The molecule has 0 unspecified atom stereocenters. The Morgan fingerprint density at radius 3 is 2.11 bits per heavy atom. The number of nitrogens with one attached hydrogen (secondary N) is 3. The van der Waals surface area contributed by atoms with Crippen LogP contribution >= 0.6 is 0 Å². The minimum absolute atomic E-state index is 0.336. The van der Waals surface area contributed by atoms with E-state index in [1.807, 2.05) is 20.0 Å². The summed E-state index contributed by atoms with van der Waals surface area (Å²) in [5.74, 6) is 2.55. The fourth-order valence-electron chi connectivity index (χ4n) is 1.63. The molecule has 0 aromatic carbocycles. The zero-order valence-electron chi connectivity index (χ0n) is 12.8. The van der Waals surface area contributed by atoms with Crippen LogP contribution in [0.3, 0.4) is 0 Å². The van der Waals surface area contributed by atoms with E-state index in [-0.39, 0.29) is 0 Å². The Labute approximate surface area is 116 Å². The van der Waals surface area contributed by atoms with Gasteiger partial charge in [0.2, 0.25) is 0 Å². The Bertz CT molecular complexity index is 384. The largest absolute Gasteiger partial charge is 0.370 e. The second-order valence-corrected chi connectivity index (χ2v) is 5.95. The minimum atomic E-state index is 0.336. The minimum Gasteiger partial charge on any atom is -0.370 e. The molecule has 0 aliphatic heterocycles. The fraction of sp³-hybridized carbons (Fsp3) is 0.714. The molecule has 1 aromatic rings. The first-order chi connectivity index (χ1) is 8.90. The van der Waals surface area contributed by atoms with Gasteiger partial charge in [-0.05, 0) is 25.8 Å². The lowest BCUT2D eigenvalue weighted by atomic mass is 9.92. The van der Waals surface area contributed by atoms with E-state index in [4.69, 9.17) is 0 Å². The molecule has 0 fully saturated rings. The third-order valence-electron chi connectivity index (χ3n) is 2.70. The van der Waals surface area contributed by atoms with Crippen LogP contribution in [0.1, 0.15) is 33.0 Å². The average Bonchev–Trinajstić information content (AvgIpc) is 2.27. The van der Waals surface area contributed by atoms with Crippen LogP contribution < -0.4 is 16.0 Å². The van der Waals surface area contributed by atoms with E-state index in [0.29, 0.717) is 5.41 Å². The van der Waals surface area contributed by atoms with Crippen molar-refractivity contribution in [1.82, 2.24) is 15.3 Å². The van der Waals surface area contributed by atoms with Crippen molar-refractivity contribution >= 4 is 11.6 Å². The SMILES string of the molecule is CNCCNc1cc(NCCC(C)(C)C)nc(C)n1. The maximum absolute atomic E-state index is 4.40. The van der Waals surface area contributed by atoms with Gasteiger partial charge in [0.25, 0.3) is 0 Å². The summed E-state index contributed by atoms with van der Waals surface area (Å²) in [6.07, 6.45) is 1.11. The van der Waals surface area contributed by atoms with E-state index >= 15 is 0 Å². The number of aryl methyl sites for hydroxylation is 1. The fourth-order valence-corrected chi connectivity index (χ4v) is 1.63. The normalized spacial score (nSPS) is 11.4. The molecule has 0 radical (unpaired) electrons. The first kappa shape index (κ1) is 15.7. The van der Waals surface area contributed by atoms with Gasteiger partial charge in [0, 0.05) is 25.7 Å². The average molecular weight is 265 g/mol. The predicted molar refractivity (Wildman–Crippen MR) is 81.7 cm³/mol. The van der Waals surface area contributed by atoms with Crippen molar-refractivity contribution in [2.24, 2.45) is 5.41 Å². The third-order valence-corrected chi connectivity index (χ3v) is 2.70. The summed E-state index contributed by atoms with van der Waals surface area (Å²) < 4.78 is 0. The number of hydrogen-bond acceptors (Lipinski definition) is 5. The molecule has 0 spiro atoms. The lowest BCUT2D eigenvalue weighted by Gasteiger charge is -2.18. The first-order valence-electron chi connectivity index (χ1n) is 6.89. The van der Waals surface area contributed by atoms with Crippen LogP contribution in [0.2, 0.25) is 0 Å². The predicted octanol–water partition coefficient (Wildman–Crippen LogP) is 2.26. The maximum atomic E-state index is 4.40. The monoisotopic (exact) mass is 265 g/mol. The molecule has 0 aliphatic carbocycles. The summed E-state index contributed by atoms with van der Waals surface area (Å²) in [6.45, 7) is 11.3. The van der Waals surface area contributed by atoms with E-state index < -0.39 is 0 Å². The van der Waals surface area contributed by atoms with Crippen LogP contribution in [0.5, 0.6) is 0 Å². The highest BCUT2D eigenvalue weighted by Crippen LogP contribution is 2.18. The van der Waals surface area contributed by atoms with Crippen LogP contribution in [0, 0.1) is 12.3 Å². The van der Waals surface area contributed by atoms with E-state index in [0.717, 1.165) is 43.5 Å². The molecule has 108 valence electrons. The van der Waals surface area contributed by atoms with Gasteiger partial charge in [0.05, 0.1) is 0 Å². The van der Waals surface area contributed by atoms with E-state index in [1.165, 1.54) is 0 Å². The Morgan fingerprint density at radius 2 is 1.58 bits per heavy atom. The van der Waals surface area contributed by atoms with Crippen molar-refractivity contribution in [3.8, 4) is 0 Å². The van der Waals surface area contributed by atoms with Gasteiger partial charge in [-0.1, -0.05) is 20.8 Å². The van der Waals surface area contributed by atoms with Crippen molar-refractivity contribution < 1.29 is 0 Å². The molecule has 1 rings (SSSR count). The number of nitrogens with zero attached hydrogens (tertiary/aromatic N) is 2. The van der Waals surface area contributed by atoms with Crippen LogP contribution in [0.25, 0.3) is 0 Å². The molecule has 0 atom stereocenters. The zero-order chi connectivity index (χ0) is 14.3. The second kappa shape index (κ2) is 7.28. The number of rotatable bonds is 7. The van der Waals surface area contributed by atoms with Gasteiger partial charge < -0.3 is 16.0 Å². The molecule has 0 saturated heterocycles. The summed E-state index contributed by atoms with van der Waals surface area (Å²) in [4.78, 5) is 8.78. The number of aromatic nitrogens is 2. The molecule has 0 aliphatic rings. The summed E-state index contributed by atoms with van der Waals surface area (Å²) in [5, 5.41) is 9.74. The molecule has 0 bridgehead atoms. The van der Waals surface area contributed by atoms with Gasteiger partial charge in [-0.3, -0.25) is 0 Å². The molecular formula is C14H27N5. The molecule has 19 heavy (non-hydrogen) atoms. The van der Waals surface area contributed by atoms with Crippen molar-refractivity contribution in [3.63, 3.8) is 0 Å². The third kappa shape index (κ3) is 6.96. The molecule has 3 N–H and O–H groups in total. The highest BCUT2D eigenvalue weighted by Gasteiger charge is 2.09. The Balaban J connectivity index is 2.53. The van der Waals surface area contributed by atoms with Crippen LogP contribution in [-0.2, 0) is 0 Å². The lowest BCUT2D eigenvalue weighted by molar-refractivity contribution is 0.389. The van der Waals surface area contributed by atoms with Crippen molar-refractivity contribution in [2.75, 3.05) is 37.3 Å². The van der Waals surface area contributed by atoms with E-state index in [1.54, 1.807) is 0 Å². The maximum Gasteiger partial charge on any atom is 0.131 e. The Kier molecular flexibility index (Phi) is 6.02. The zero-order valence-corrected chi connectivity index (χ0v) is 12.8. The quantitative estimate of drug-likeness (QED) is 0.660. The Morgan fingerprint density at radius 1 is 1.00 bits per heavy atom. The van der Waals surface area contributed by atoms with E-state index in [9.17, 15) is 0 Å². The standard InChI is InChI=1S/C14H27N5/c1-11-18-12(16-7-6-14(2,3)4)10-13(19-11)17-9-8-15-5/h10,15H,6-9H2,1-5H3,(H2,16,17,18,19). The van der Waals surface area contributed by atoms with Gasteiger partial charge in [-0.15, -0.1) is 0 Å². The molecule has 0 saturated carbocycles. The van der Waals surface area contributed by atoms with Gasteiger partial charge in [0.15, 0.2) is 0 Å². The highest BCUT2D eigenvalue weighted by molar-refractivity contribution is 5.47. The van der Waals surface area contributed by atoms with Crippen molar-refractivity contribution in [3.05, 3.63) is 11.9 Å². The highest BCUT2D eigenvalue weighted by atomic mass is 15.1. The summed E-state index contributed by atoms with van der Waals surface area (Å²) in [6, 6.07) is 1.96. The number of likely N-dealkylation sites (N-methyl/N-ethyl adjacent to an activating group) is 1. The van der Waals surface area contributed by atoms with Gasteiger partial charge in [-0.2, -0.15) is 0 Å². The molecule has 1 aromatic heterocycles. The molecule has 5 nitrogen and oxygen atoms in total. The van der Waals surface area contributed by atoms with Crippen LogP contribution in [-0.4, -0.2) is 36.6 Å².